The summed E-state index contributed by atoms with van der Waals surface area (Å²) >= 11 is 0. The van der Waals surface area contributed by atoms with E-state index in [9.17, 15) is 4.79 Å². The van der Waals surface area contributed by atoms with Crippen molar-refractivity contribution in [1.82, 2.24) is 5.32 Å². The Bertz CT molecular complexity index is 616. The number of hydrogen-bond donors (Lipinski definition) is 2. The van der Waals surface area contributed by atoms with Crippen molar-refractivity contribution in [1.29, 1.82) is 0 Å². The first kappa shape index (κ1) is 16.9. The third-order valence-electron chi connectivity index (χ3n) is 3.07. The van der Waals surface area contributed by atoms with Crippen molar-refractivity contribution >= 4 is 11.6 Å². The zero-order valence-electron chi connectivity index (χ0n) is 13.9. The molecule has 2 rings (SSSR count). The van der Waals surface area contributed by atoms with Gasteiger partial charge in [-0.15, -0.1) is 0 Å². The second kappa shape index (κ2) is 7.68. The molecule has 23 heavy (non-hydrogen) atoms. The topological polar surface area (TPSA) is 50.4 Å². The van der Waals surface area contributed by atoms with Crippen molar-refractivity contribution in [3.63, 3.8) is 0 Å². The molecule has 0 bridgehead atoms. The SMILES string of the molecule is CC(C)(C)NC(=O)CNc1ccc(OCc2ccccc2)cc1. The third-order valence-corrected chi connectivity index (χ3v) is 3.07. The van der Waals surface area contributed by atoms with E-state index < -0.39 is 0 Å². The van der Waals surface area contributed by atoms with Crippen molar-refractivity contribution in [2.24, 2.45) is 0 Å². The summed E-state index contributed by atoms with van der Waals surface area (Å²) in [5, 5.41) is 6.01. The van der Waals surface area contributed by atoms with E-state index in [0.29, 0.717) is 6.61 Å². The van der Waals surface area contributed by atoms with E-state index in [-0.39, 0.29) is 18.0 Å². The Balaban J connectivity index is 1.79. The van der Waals surface area contributed by atoms with Gasteiger partial charge in [-0.1, -0.05) is 30.3 Å². The monoisotopic (exact) mass is 312 g/mol. The van der Waals surface area contributed by atoms with E-state index in [1.807, 2.05) is 75.4 Å². The smallest absolute Gasteiger partial charge is 0.239 e. The number of hydrogen-bond acceptors (Lipinski definition) is 3. The normalized spacial score (nSPS) is 10.9. The summed E-state index contributed by atoms with van der Waals surface area (Å²) < 4.78 is 5.73. The average molecular weight is 312 g/mol. The molecular weight excluding hydrogens is 288 g/mol. The highest BCUT2D eigenvalue weighted by Crippen LogP contribution is 2.17. The minimum Gasteiger partial charge on any atom is -0.489 e. The van der Waals surface area contributed by atoms with Crippen LogP contribution < -0.4 is 15.4 Å². The Labute approximate surface area is 137 Å². The quantitative estimate of drug-likeness (QED) is 0.857. The van der Waals surface area contributed by atoms with Gasteiger partial charge in [0.15, 0.2) is 0 Å². The van der Waals surface area contributed by atoms with Gasteiger partial charge < -0.3 is 15.4 Å². The largest absolute Gasteiger partial charge is 0.489 e. The summed E-state index contributed by atoms with van der Waals surface area (Å²) in [5.74, 6) is 0.778. The summed E-state index contributed by atoms with van der Waals surface area (Å²) in [5.41, 5.74) is 1.81. The molecule has 0 spiro atoms. The highest BCUT2D eigenvalue weighted by molar-refractivity contribution is 5.81. The lowest BCUT2D eigenvalue weighted by molar-refractivity contribution is -0.120. The van der Waals surface area contributed by atoms with Gasteiger partial charge in [0.2, 0.25) is 5.91 Å². The van der Waals surface area contributed by atoms with Crippen LogP contribution in [0.15, 0.2) is 54.6 Å². The first-order chi connectivity index (χ1) is 10.9. The summed E-state index contributed by atoms with van der Waals surface area (Å²) in [6, 6.07) is 17.6. The van der Waals surface area contributed by atoms with Crippen molar-refractivity contribution < 1.29 is 9.53 Å². The number of anilines is 1. The minimum atomic E-state index is -0.214. The molecule has 4 heteroatoms. The number of nitrogens with one attached hydrogen (secondary N) is 2. The fraction of sp³-hybridized carbons (Fsp3) is 0.316. The van der Waals surface area contributed by atoms with Gasteiger partial charge in [0, 0.05) is 11.2 Å². The molecule has 2 N–H and O–H groups in total. The Morgan fingerprint density at radius 3 is 2.26 bits per heavy atom. The number of rotatable bonds is 6. The van der Waals surface area contributed by atoms with Gasteiger partial charge in [-0.25, -0.2) is 0 Å². The van der Waals surface area contributed by atoms with Gasteiger partial charge in [-0.2, -0.15) is 0 Å². The minimum absolute atomic E-state index is 0.0260. The number of carbonyl (C=O) groups is 1. The molecule has 122 valence electrons. The van der Waals surface area contributed by atoms with Crippen molar-refractivity contribution in [2.45, 2.75) is 32.9 Å². The molecule has 1 amide bonds. The Morgan fingerprint density at radius 2 is 1.65 bits per heavy atom. The van der Waals surface area contributed by atoms with Gasteiger partial charge >= 0.3 is 0 Å². The van der Waals surface area contributed by atoms with Crippen LogP contribution in [-0.4, -0.2) is 18.0 Å². The maximum Gasteiger partial charge on any atom is 0.239 e. The van der Waals surface area contributed by atoms with E-state index >= 15 is 0 Å². The lowest BCUT2D eigenvalue weighted by Crippen LogP contribution is -2.43. The maximum atomic E-state index is 11.8. The fourth-order valence-corrected chi connectivity index (χ4v) is 2.05. The summed E-state index contributed by atoms with van der Waals surface area (Å²) in [6.07, 6.45) is 0. The predicted molar refractivity (Wildman–Crippen MR) is 93.6 cm³/mol. The predicted octanol–water partition coefficient (Wildman–Crippen LogP) is 3.59. The number of benzene rings is 2. The molecule has 4 nitrogen and oxygen atoms in total. The molecule has 0 saturated heterocycles. The first-order valence-electron chi connectivity index (χ1n) is 7.74. The lowest BCUT2D eigenvalue weighted by Gasteiger charge is -2.20. The van der Waals surface area contributed by atoms with Gasteiger partial charge in [0.05, 0.1) is 6.54 Å². The standard InChI is InChI=1S/C19H24N2O2/c1-19(2,3)21-18(22)13-20-16-9-11-17(12-10-16)23-14-15-7-5-4-6-8-15/h4-12,20H,13-14H2,1-3H3,(H,21,22). The highest BCUT2D eigenvalue weighted by Gasteiger charge is 2.12. The van der Waals surface area contributed by atoms with E-state index in [2.05, 4.69) is 10.6 Å². The second-order valence-electron chi connectivity index (χ2n) is 6.45. The molecule has 0 saturated carbocycles. The molecule has 0 aromatic heterocycles. The summed E-state index contributed by atoms with van der Waals surface area (Å²) in [6.45, 7) is 6.68. The zero-order valence-corrected chi connectivity index (χ0v) is 13.9. The van der Waals surface area contributed by atoms with Crippen LogP contribution in [0.4, 0.5) is 5.69 Å². The van der Waals surface area contributed by atoms with Gasteiger partial charge in [0.25, 0.3) is 0 Å². The Kier molecular flexibility index (Phi) is 5.63. The van der Waals surface area contributed by atoms with Crippen LogP contribution in [0.2, 0.25) is 0 Å². The molecule has 2 aromatic carbocycles. The van der Waals surface area contributed by atoms with Crippen LogP contribution >= 0.6 is 0 Å². The van der Waals surface area contributed by atoms with Crippen LogP contribution in [0.1, 0.15) is 26.3 Å². The maximum absolute atomic E-state index is 11.8. The first-order valence-corrected chi connectivity index (χ1v) is 7.74. The molecule has 2 aromatic rings. The highest BCUT2D eigenvalue weighted by atomic mass is 16.5. The van der Waals surface area contributed by atoms with Gasteiger partial charge in [-0.05, 0) is 50.6 Å². The van der Waals surface area contributed by atoms with Crippen LogP contribution in [-0.2, 0) is 11.4 Å². The van der Waals surface area contributed by atoms with Crippen molar-refractivity contribution in [2.75, 3.05) is 11.9 Å². The second-order valence-corrected chi connectivity index (χ2v) is 6.45. The molecule has 0 radical (unpaired) electrons. The van der Waals surface area contributed by atoms with Crippen LogP contribution in [0.5, 0.6) is 5.75 Å². The Morgan fingerprint density at radius 1 is 1.00 bits per heavy atom. The molecule has 0 fully saturated rings. The summed E-state index contributed by atoms with van der Waals surface area (Å²) in [4.78, 5) is 11.8. The molecular formula is C19H24N2O2. The van der Waals surface area contributed by atoms with E-state index in [4.69, 9.17) is 4.74 Å². The number of ether oxygens (including phenoxy) is 1. The van der Waals surface area contributed by atoms with Gasteiger partial charge in [-0.3, -0.25) is 4.79 Å². The number of amides is 1. The Hall–Kier alpha value is -2.49. The van der Waals surface area contributed by atoms with Gasteiger partial charge in [0.1, 0.15) is 12.4 Å². The lowest BCUT2D eigenvalue weighted by atomic mass is 10.1. The van der Waals surface area contributed by atoms with E-state index in [1.54, 1.807) is 0 Å². The van der Waals surface area contributed by atoms with Crippen LogP contribution in [0.25, 0.3) is 0 Å². The van der Waals surface area contributed by atoms with E-state index in [1.165, 1.54) is 0 Å². The van der Waals surface area contributed by atoms with Crippen LogP contribution in [0.3, 0.4) is 0 Å². The van der Waals surface area contributed by atoms with E-state index in [0.717, 1.165) is 17.0 Å². The molecule has 0 aliphatic carbocycles. The molecule has 0 unspecified atom stereocenters. The summed E-state index contributed by atoms with van der Waals surface area (Å²) in [7, 11) is 0. The van der Waals surface area contributed by atoms with Crippen molar-refractivity contribution in [3.8, 4) is 5.75 Å². The fourth-order valence-electron chi connectivity index (χ4n) is 2.05. The molecule has 0 aliphatic rings. The molecule has 0 atom stereocenters. The van der Waals surface area contributed by atoms with Crippen molar-refractivity contribution in [3.05, 3.63) is 60.2 Å². The third kappa shape index (κ3) is 6.43. The number of carbonyl (C=O) groups excluding carboxylic acids is 1. The average Bonchev–Trinajstić information content (AvgIpc) is 2.51. The van der Waals surface area contributed by atoms with Crippen LogP contribution in [0, 0.1) is 0 Å². The molecule has 0 aliphatic heterocycles. The zero-order chi connectivity index (χ0) is 16.7. The molecule has 0 heterocycles.